The molecule has 0 bridgehead atoms. The van der Waals surface area contributed by atoms with Crippen molar-refractivity contribution < 1.29 is 4.79 Å². The van der Waals surface area contributed by atoms with E-state index < -0.39 is 6.89 Å². The maximum atomic E-state index is 12.4. The quantitative estimate of drug-likeness (QED) is 0.704. The molecule has 0 aliphatic carbocycles. The summed E-state index contributed by atoms with van der Waals surface area (Å²) in [5.74, 6) is 1.83. The van der Waals surface area contributed by atoms with Crippen molar-refractivity contribution in [1.29, 1.82) is 0 Å². The fourth-order valence-electron chi connectivity index (χ4n) is 2.90. The molecule has 0 unspecified atom stereocenters. The summed E-state index contributed by atoms with van der Waals surface area (Å²) in [5, 5.41) is 6.28. The van der Waals surface area contributed by atoms with Crippen molar-refractivity contribution in [2.24, 2.45) is 0 Å². The van der Waals surface area contributed by atoms with Gasteiger partial charge in [0.15, 0.2) is 0 Å². The molecule has 0 radical (unpaired) electrons. The van der Waals surface area contributed by atoms with Gasteiger partial charge in [0.2, 0.25) is 5.91 Å². The molecule has 0 atom stereocenters. The van der Waals surface area contributed by atoms with E-state index in [1.54, 1.807) is 7.05 Å². The normalized spacial score (nSPS) is 10.4. The van der Waals surface area contributed by atoms with E-state index in [1.807, 2.05) is 60.4 Å². The van der Waals surface area contributed by atoms with Crippen LogP contribution in [0.1, 0.15) is 0 Å². The zero-order valence-electron chi connectivity index (χ0n) is 14.0. The van der Waals surface area contributed by atoms with E-state index in [2.05, 4.69) is 41.7 Å². The van der Waals surface area contributed by atoms with Crippen LogP contribution in [0.4, 0.5) is 0 Å². The van der Waals surface area contributed by atoms with Gasteiger partial charge in [-0.25, -0.2) is 0 Å². The monoisotopic (exact) mass is 369 g/mol. The lowest BCUT2D eigenvalue weighted by molar-refractivity contribution is -0.113. The van der Waals surface area contributed by atoms with Crippen molar-refractivity contribution in [2.45, 2.75) is 0 Å². The average molecular weight is 370 g/mol. The highest BCUT2D eigenvalue weighted by Crippen LogP contribution is 2.43. The van der Waals surface area contributed by atoms with Crippen molar-refractivity contribution in [1.82, 2.24) is 5.32 Å². The number of hydrogen-bond donors (Lipinski definition) is 1. The summed E-state index contributed by atoms with van der Waals surface area (Å²) in [5.41, 5.74) is 0. The zero-order valence-corrected chi connectivity index (χ0v) is 15.7. The zero-order chi connectivity index (χ0) is 16.8. The first-order valence-corrected chi connectivity index (χ1v) is 9.76. The highest BCUT2D eigenvalue weighted by Gasteiger charge is 2.25. The molecule has 0 aliphatic rings. The van der Waals surface area contributed by atoms with Gasteiger partial charge in [0.25, 0.3) is 0 Å². The number of hydrogen-bond acceptors (Lipinski definition) is 1. The lowest BCUT2D eigenvalue weighted by Gasteiger charge is -2.28. The molecule has 25 heavy (non-hydrogen) atoms. The number of carbonyl (C=O) groups excluding carboxylic acids is 1. The third-order valence-electron chi connectivity index (χ3n) is 4.05. The Kier molecular flexibility index (Phi) is 6.64. The number of benzene rings is 3. The fraction of sp³-hybridized carbons (Fsp3) is 0.0476. The lowest BCUT2D eigenvalue weighted by atomic mass is 10.4. The molecule has 128 valence electrons. The van der Waals surface area contributed by atoms with Gasteiger partial charge in [-0.1, -0.05) is 91.0 Å². The molecule has 0 saturated heterocycles. The summed E-state index contributed by atoms with van der Waals surface area (Å²) in [6.07, 6.45) is 0. The molecule has 0 heterocycles. The Morgan fingerprint density at radius 3 is 1.32 bits per heavy atom. The maximum absolute atomic E-state index is 12.4. The van der Waals surface area contributed by atoms with E-state index in [9.17, 15) is 4.79 Å². The maximum Gasteiger partial charge on any atom is 0.244 e. The van der Waals surface area contributed by atoms with Crippen LogP contribution in [-0.2, 0) is 4.79 Å². The van der Waals surface area contributed by atoms with Gasteiger partial charge in [-0.2, -0.15) is 0 Å². The third-order valence-corrected chi connectivity index (χ3v) is 8.01. The van der Waals surface area contributed by atoms with Crippen LogP contribution in [-0.4, -0.2) is 18.8 Å². The van der Waals surface area contributed by atoms with Gasteiger partial charge in [-0.3, -0.25) is 4.79 Å². The molecule has 0 saturated carbocycles. The fourth-order valence-corrected chi connectivity index (χ4v) is 6.65. The van der Waals surface area contributed by atoms with Gasteiger partial charge in [0, 0.05) is 12.8 Å². The van der Waals surface area contributed by atoms with Gasteiger partial charge >= 0.3 is 0 Å². The summed E-state index contributed by atoms with van der Waals surface area (Å²) >= 11 is 0. The van der Waals surface area contributed by atoms with Gasteiger partial charge in [-0.15, -0.1) is 12.4 Å². The number of amides is 1. The molecule has 1 N–H and O–H groups in total. The molecule has 3 aromatic rings. The van der Waals surface area contributed by atoms with E-state index in [1.165, 1.54) is 15.9 Å². The molecule has 0 aliphatic heterocycles. The van der Waals surface area contributed by atoms with E-state index >= 15 is 0 Å². The van der Waals surface area contributed by atoms with Crippen molar-refractivity contribution in [3.05, 3.63) is 91.0 Å². The van der Waals surface area contributed by atoms with Crippen molar-refractivity contribution in [2.75, 3.05) is 7.05 Å². The van der Waals surface area contributed by atoms with Crippen LogP contribution < -0.4 is 21.2 Å². The Morgan fingerprint density at radius 1 is 0.720 bits per heavy atom. The molecule has 0 spiro atoms. The highest BCUT2D eigenvalue weighted by molar-refractivity contribution is 7.95. The second kappa shape index (κ2) is 8.71. The summed E-state index contributed by atoms with van der Waals surface area (Å²) in [7, 11) is 1.68. The highest BCUT2D eigenvalue weighted by atomic mass is 35.5. The Morgan fingerprint density at radius 2 is 1.04 bits per heavy atom. The summed E-state index contributed by atoms with van der Waals surface area (Å²) < 4.78 is 0. The smallest absolute Gasteiger partial charge is 0.244 e. The second-order valence-electron chi connectivity index (χ2n) is 5.47. The molecule has 3 aromatic carbocycles. The molecular formula is C21H21ClNOP. The van der Waals surface area contributed by atoms with Gasteiger partial charge in [-0.05, 0) is 22.8 Å². The Balaban J connectivity index is 0.00000225. The first kappa shape index (κ1) is 19.1. The predicted molar refractivity (Wildman–Crippen MR) is 113 cm³/mol. The number of rotatable bonds is 4. The van der Waals surface area contributed by atoms with E-state index in [0.29, 0.717) is 0 Å². The molecule has 1 amide bonds. The second-order valence-corrected chi connectivity index (χ2v) is 8.73. The van der Waals surface area contributed by atoms with Crippen molar-refractivity contribution >= 4 is 46.9 Å². The minimum atomic E-state index is -2.16. The largest absolute Gasteiger partial charge is 0.356 e. The number of carbonyl (C=O) groups is 1. The SMILES string of the molecule is CNC(=O)C=P(c1ccccc1)(c1ccccc1)c1ccccc1.Cl. The Bertz CT molecular complexity index is 761. The van der Waals surface area contributed by atoms with Crippen LogP contribution in [0.3, 0.4) is 0 Å². The molecule has 2 nitrogen and oxygen atoms in total. The van der Waals surface area contributed by atoms with E-state index in [0.717, 1.165) is 0 Å². The van der Waals surface area contributed by atoms with Gasteiger partial charge in [0.05, 0.1) is 0 Å². The van der Waals surface area contributed by atoms with E-state index in [4.69, 9.17) is 0 Å². The van der Waals surface area contributed by atoms with Crippen LogP contribution in [0.5, 0.6) is 0 Å². The first-order chi connectivity index (χ1) is 11.8. The topological polar surface area (TPSA) is 29.1 Å². The summed E-state index contributed by atoms with van der Waals surface area (Å²) in [6.45, 7) is -2.16. The molecule has 0 fully saturated rings. The lowest BCUT2D eigenvalue weighted by Crippen LogP contribution is -2.31. The predicted octanol–water partition coefficient (Wildman–Crippen LogP) is 2.95. The van der Waals surface area contributed by atoms with Crippen LogP contribution in [0.15, 0.2) is 91.0 Å². The summed E-state index contributed by atoms with van der Waals surface area (Å²) in [4.78, 5) is 12.4. The van der Waals surface area contributed by atoms with Crippen LogP contribution in [0.2, 0.25) is 0 Å². The standard InChI is InChI=1S/C21H20NOP.ClH/c1-22-21(23)17-24(18-11-5-2-6-12-18,19-13-7-3-8-14-19)20-15-9-4-10-16-20;/h2-17H,1H3,(H,22,23);1H. The molecule has 3 rings (SSSR count). The number of halogens is 1. The minimum Gasteiger partial charge on any atom is -0.356 e. The van der Waals surface area contributed by atoms with Crippen LogP contribution >= 0.6 is 19.3 Å². The number of nitrogens with one attached hydrogen (secondary N) is 1. The molecular weight excluding hydrogens is 349 g/mol. The average Bonchev–Trinajstić information content (AvgIpc) is 2.68. The molecule has 0 aromatic heterocycles. The Hall–Kier alpha value is -2.28. The molecule has 4 heteroatoms. The van der Waals surface area contributed by atoms with Gasteiger partial charge < -0.3 is 5.32 Å². The minimum absolute atomic E-state index is 0. The van der Waals surface area contributed by atoms with Crippen LogP contribution in [0, 0.1) is 0 Å². The van der Waals surface area contributed by atoms with Crippen LogP contribution in [0.25, 0.3) is 0 Å². The summed E-state index contributed by atoms with van der Waals surface area (Å²) in [6, 6.07) is 30.9. The van der Waals surface area contributed by atoms with Crippen molar-refractivity contribution in [3.8, 4) is 0 Å². The van der Waals surface area contributed by atoms with E-state index in [-0.39, 0.29) is 18.3 Å². The Labute approximate surface area is 155 Å². The third kappa shape index (κ3) is 3.87. The first-order valence-electron chi connectivity index (χ1n) is 7.90. The van der Waals surface area contributed by atoms with Crippen molar-refractivity contribution in [3.63, 3.8) is 0 Å². The van der Waals surface area contributed by atoms with Gasteiger partial charge in [0.1, 0.15) is 0 Å².